The standard InChI is InChI=1S/C18H16ClN3O2/c1-23-16-8-12-14(9-17(16)24-2)20-10-21-18(12)22-7-6-11-13(19)4-3-5-15(11)22/h3-5,8-10H,6-7H2,1-2H3. The third-order valence-corrected chi connectivity index (χ3v) is 4.70. The first-order valence-corrected chi connectivity index (χ1v) is 8.02. The van der Waals surface area contributed by atoms with Crippen molar-refractivity contribution in [2.75, 3.05) is 25.7 Å². The van der Waals surface area contributed by atoms with Crippen molar-refractivity contribution in [3.05, 3.63) is 47.2 Å². The van der Waals surface area contributed by atoms with Crippen molar-refractivity contribution in [1.82, 2.24) is 9.97 Å². The maximum absolute atomic E-state index is 6.33. The molecule has 0 saturated carbocycles. The Morgan fingerprint density at radius 2 is 1.88 bits per heavy atom. The molecule has 0 N–H and O–H groups in total. The van der Waals surface area contributed by atoms with Crippen LogP contribution in [0, 0.1) is 0 Å². The van der Waals surface area contributed by atoms with E-state index in [2.05, 4.69) is 20.9 Å². The zero-order valence-corrected chi connectivity index (χ0v) is 14.2. The lowest BCUT2D eigenvalue weighted by molar-refractivity contribution is 0.356. The van der Waals surface area contributed by atoms with Gasteiger partial charge in [-0.25, -0.2) is 9.97 Å². The minimum Gasteiger partial charge on any atom is -0.493 e. The largest absolute Gasteiger partial charge is 0.493 e. The van der Waals surface area contributed by atoms with Crippen LogP contribution in [0.4, 0.5) is 11.5 Å². The average Bonchev–Trinajstić information content (AvgIpc) is 3.05. The van der Waals surface area contributed by atoms with Gasteiger partial charge in [-0.1, -0.05) is 17.7 Å². The second kappa shape index (κ2) is 5.83. The number of hydrogen-bond donors (Lipinski definition) is 0. The summed E-state index contributed by atoms with van der Waals surface area (Å²) in [6, 6.07) is 9.76. The number of rotatable bonds is 3. The summed E-state index contributed by atoms with van der Waals surface area (Å²) in [5, 5.41) is 1.72. The van der Waals surface area contributed by atoms with E-state index in [4.69, 9.17) is 21.1 Å². The fourth-order valence-electron chi connectivity index (χ4n) is 3.20. The highest BCUT2D eigenvalue weighted by molar-refractivity contribution is 6.31. The number of methoxy groups -OCH3 is 2. The Bertz CT molecular complexity index is 930. The van der Waals surface area contributed by atoms with Gasteiger partial charge in [0.25, 0.3) is 0 Å². The highest BCUT2D eigenvalue weighted by atomic mass is 35.5. The van der Waals surface area contributed by atoms with Crippen LogP contribution in [-0.4, -0.2) is 30.7 Å². The number of halogens is 1. The summed E-state index contributed by atoms with van der Waals surface area (Å²) >= 11 is 6.33. The molecule has 1 aliphatic rings. The number of hydrogen-bond acceptors (Lipinski definition) is 5. The molecule has 2 aromatic carbocycles. The lowest BCUT2D eigenvalue weighted by atomic mass is 10.1. The van der Waals surface area contributed by atoms with Crippen LogP contribution in [0.5, 0.6) is 11.5 Å². The summed E-state index contributed by atoms with van der Waals surface area (Å²) in [7, 11) is 3.24. The van der Waals surface area contributed by atoms with Crippen LogP contribution in [0.25, 0.3) is 10.9 Å². The maximum atomic E-state index is 6.33. The van der Waals surface area contributed by atoms with Gasteiger partial charge < -0.3 is 14.4 Å². The summed E-state index contributed by atoms with van der Waals surface area (Å²) in [6.45, 7) is 0.833. The van der Waals surface area contributed by atoms with E-state index in [1.165, 1.54) is 0 Å². The first-order valence-electron chi connectivity index (χ1n) is 7.64. The van der Waals surface area contributed by atoms with E-state index >= 15 is 0 Å². The Kier molecular flexibility index (Phi) is 3.65. The second-order valence-electron chi connectivity index (χ2n) is 5.56. The van der Waals surface area contributed by atoms with Gasteiger partial charge in [0.1, 0.15) is 12.1 Å². The van der Waals surface area contributed by atoms with Crippen LogP contribution in [0.15, 0.2) is 36.7 Å². The van der Waals surface area contributed by atoms with E-state index in [1.54, 1.807) is 20.5 Å². The molecule has 122 valence electrons. The summed E-state index contributed by atoms with van der Waals surface area (Å²) in [5.41, 5.74) is 3.07. The molecule has 0 bridgehead atoms. The molecule has 24 heavy (non-hydrogen) atoms. The highest BCUT2D eigenvalue weighted by Gasteiger charge is 2.25. The second-order valence-corrected chi connectivity index (χ2v) is 5.97. The lowest BCUT2D eigenvalue weighted by Gasteiger charge is -2.20. The Balaban J connectivity index is 1.91. The smallest absolute Gasteiger partial charge is 0.162 e. The molecule has 0 atom stereocenters. The highest BCUT2D eigenvalue weighted by Crippen LogP contribution is 2.41. The molecule has 0 fully saturated rings. The maximum Gasteiger partial charge on any atom is 0.162 e. The van der Waals surface area contributed by atoms with Crippen LogP contribution >= 0.6 is 11.6 Å². The Labute approximate surface area is 144 Å². The van der Waals surface area contributed by atoms with Crippen molar-refractivity contribution >= 4 is 34.0 Å². The van der Waals surface area contributed by atoms with E-state index in [0.29, 0.717) is 11.5 Å². The van der Waals surface area contributed by atoms with Crippen molar-refractivity contribution < 1.29 is 9.47 Å². The quantitative estimate of drug-likeness (QED) is 0.720. The van der Waals surface area contributed by atoms with Gasteiger partial charge in [0.2, 0.25) is 0 Å². The molecule has 4 rings (SSSR count). The minimum absolute atomic E-state index is 0.652. The number of fused-ring (bicyclic) bond motifs is 2. The molecule has 5 nitrogen and oxygen atoms in total. The van der Waals surface area contributed by atoms with Crippen molar-refractivity contribution in [1.29, 1.82) is 0 Å². The Hall–Kier alpha value is -2.53. The van der Waals surface area contributed by atoms with Gasteiger partial charge in [-0.15, -0.1) is 0 Å². The van der Waals surface area contributed by atoms with Gasteiger partial charge in [0.15, 0.2) is 11.5 Å². The van der Waals surface area contributed by atoms with Gasteiger partial charge in [-0.3, -0.25) is 0 Å². The Morgan fingerprint density at radius 3 is 2.67 bits per heavy atom. The van der Waals surface area contributed by atoms with Gasteiger partial charge in [0, 0.05) is 28.7 Å². The van der Waals surface area contributed by atoms with E-state index in [9.17, 15) is 0 Å². The van der Waals surface area contributed by atoms with Gasteiger partial charge in [-0.2, -0.15) is 0 Å². The molecule has 0 amide bonds. The molecule has 0 unspecified atom stereocenters. The van der Waals surface area contributed by atoms with Crippen molar-refractivity contribution in [3.8, 4) is 11.5 Å². The molecular formula is C18H16ClN3O2. The topological polar surface area (TPSA) is 47.5 Å². The molecule has 1 aromatic heterocycles. The van der Waals surface area contributed by atoms with Crippen molar-refractivity contribution in [2.24, 2.45) is 0 Å². The normalized spacial score (nSPS) is 13.2. The Morgan fingerprint density at radius 1 is 1.08 bits per heavy atom. The number of benzene rings is 2. The summed E-state index contributed by atoms with van der Waals surface area (Å²) < 4.78 is 10.8. The zero-order chi connectivity index (χ0) is 16.7. The van der Waals surface area contributed by atoms with Crippen LogP contribution in [0.1, 0.15) is 5.56 Å². The molecule has 3 aromatic rings. The predicted molar refractivity (Wildman–Crippen MR) is 94.8 cm³/mol. The van der Waals surface area contributed by atoms with Crippen molar-refractivity contribution in [2.45, 2.75) is 6.42 Å². The monoisotopic (exact) mass is 341 g/mol. The molecular weight excluding hydrogens is 326 g/mol. The molecule has 0 radical (unpaired) electrons. The number of anilines is 2. The van der Waals surface area contributed by atoms with Crippen molar-refractivity contribution in [3.63, 3.8) is 0 Å². The minimum atomic E-state index is 0.652. The van der Waals surface area contributed by atoms with E-state index in [0.717, 1.165) is 46.0 Å². The van der Waals surface area contributed by atoms with Crippen LogP contribution < -0.4 is 14.4 Å². The van der Waals surface area contributed by atoms with Crippen LogP contribution in [-0.2, 0) is 6.42 Å². The molecule has 1 aliphatic heterocycles. The lowest BCUT2D eigenvalue weighted by Crippen LogP contribution is -2.15. The number of aromatic nitrogens is 2. The molecule has 0 aliphatic carbocycles. The zero-order valence-electron chi connectivity index (χ0n) is 13.4. The van der Waals surface area contributed by atoms with E-state index < -0.39 is 0 Å². The SMILES string of the molecule is COc1cc2ncnc(N3CCc4c(Cl)cccc43)c2cc1OC. The molecule has 0 spiro atoms. The van der Waals surface area contributed by atoms with Gasteiger partial charge >= 0.3 is 0 Å². The van der Waals surface area contributed by atoms with Crippen LogP contribution in [0.2, 0.25) is 5.02 Å². The van der Waals surface area contributed by atoms with E-state index in [1.807, 2.05) is 24.3 Å². The average molecular weight is 342 g/mol. The van der Waals surface area contributed by atoms with Gasteiger partial charge in [0.05, 0.1) is 19.7 Å². The molecule has 6 heteroatoms. The third-order valence-electron chi connectivity index (χ3n) is 4.35. The first-order chi connectivity index (χ1) is 11.7. The number of nitrogens with zero attached hydrogens (tertiary/aromatic N) is 3. The summed E-state index contributed by atoms with van der Waals surface area (Å²) in [4.78, 5) is 11.1. The fraction of sp³-hybridized carbons (Fsp3) is 0.222. The first kappa shape index (κ1) is 15.0. The summed E-state index contributed by atoms with van der Waals surface area (Å²) in [5.74, 6) is 2.16. The van der Waals surface area contributed by atoms with Gasteiger partial charge in [-0.05, 0) is 30.2 Å². The summed E-state index contributed by atoms with van der Waals surface area (Å²) in [6.07, 6.45) is 2.47. The fourth-order valence-corrected chi connectivity index (χ4v) is 3.46. The molecule has 2 heterocycles. The molecule has 0 saturated heterocycles. The van der Waals surface area contributed by atoms with Crippen LogP contribution in [0.3, 0.4) is 0 Å². The third kappa shape index (κ3) is 2.24. The predicted octanol–water partition coefficient (Wildman–Crippen LogP) is 3.99. The number of ether oxygens (including phenoxy) is 2. The van der Waals surface area contributed by atoms with E-state index in [-0.39, 0.29) is 0 Å².